The fraction of sp³-hybridized carbons (Fsp3) is 0.381. The highest BCUT2D eigenvalue weighted by Crippen LogP contribution is 2.26. The van der Waals surface area contributed by atoms with Gasteiger partial charge in [-0.2, -0.15) is 4.31 Å². The van der Waals surface area contributed by atoms with Crippen LogP contribution in [-0.4, -0.2) is 63.2 Å². The van der Waals surface area contributed by atoms with Crippen molar-refractivity contribution >= 4 is 16.1 Å². The van der Waals surface area contributed by atoms with Gasteiger partial charge in [0.1, 0.15) is 0 Å². The van der Waals surface area contributed by atoms with E-state index in [1.54, 1.807) is 41.3 Å². The Morgan fingerprint density at radius 1 is 0.967 bits per heavy atom. The van der Waals surface area contributed by atoms with Crippen molar-refractivity contribution in [3.63, 3.8) is 0 Å². The first-order valence-corrected chi connectivity index (χ1v) is 11.3. The van der Waals surface area contributed by atoms with Gasteiger partial charge in [0.25, 0.3) is 0 Å². The third-order valence-corrected chi connectivity index (χ3v) is 6.70. The second kappa shape index (κ2) is 9.82. The minimum Gasteiger partial charge on any atom is -0.490 e. The van der Waals surface area contributed by atoms with Gasteiger partial charge in [0.05, 0.1) is 11.5 Å². The van der Waals surface area contributed by atoms with E-state index in [0.717, 1.165) is 5.56 Å². The first-order chi connectivity index (χ1) is 14.4. The number of ether oxygens (including phenoxy) is 2. The van der Waals surface area contributed by atoms with Crippen molar-refractivity contribution < 1.29 is 22.7 Å². The molecular formula is C21H27N3O5S. The van der Waals surface area contributed by atoms with Crippen LogP contribution < -0.4 is 14.8 Å². The Bertz CT molecular complexity index is 955. The minimum atomic E-state index is -3.55. The molecule has 0 saturated carbocycles. The highest BCUT2D eigenvalue weighted by Gasteiger charge is 2.30. The lowest BCUT2D eigenvalue weighted by Gasteiger charge is -2.34. The molecule has 0 unspecified atom stereocenters. The minimum absolute atomic E-state index is 0.00913. The van der Waals surface area contributed by atoms with Crippen molar-refractivity contribution in [1.82, 2.24) is 14.5 Å². The van der Waals surface area contributed by atoms with Gasteiger partial charge in [-0.15, -0.1) is 0 Å². The van der Waals surface area contributed by atoms with E-state index < -0.39 is 10.0 Å². The molecule has 1 saturated heterocycles. The maximum Gasteiger partial charge on any atom is 0.320 e. The number of hydrogen-bond donors (Lipinski definition) is 1. The molecule has 2 amide bonds. The summed E-state index contributed by atoms with van der Waals surface area (Å²) in [4.78, 5) is 14.3. The lowest BCUT2D eigenvalue weighted by atomic mass is 10.2. The number of sulfonamides is 1. The number of piperazine rings is 1. The second-order valence-corrected chi connectivity index (χ2v) is 8.79. The largest absolute Gasteiger partial charge is 0.490 e. The Balaban J connectivity index is 1.49. The van der Waals surface area contributed by atoms with Crippen LogP contribution in [0.4, 0.5) is 4.79 Å². The van der Waals surface area contributed by atoms with Crippen molar-refractivity contribution in [2.24, 2.45) is 0 Å². The summed E-state index contributed by atoms with van der Waals surface area (Å²) in [6.07, 6.45) is 0. The summed E-state index contributed by atoms with van der Waals surface area (Å²) in [5, 5.41) is 2.70. The molecule has 0 bridgehead atoms. The molecule has 1 aliphatic heterocycles. The van der Waals surface area contributed by atoms with Crippen LogP contribution in [0.3, 0.4) is 0 Å². The van der Waals surface area contributed by atoms with Gasteiger partial charge in [-0.1, -0.05) is 29.8 Å². The zero-order valence-electron chi connectivity index (χ0n) is 17.2. The smallest absolute Gasteiger partial charge is 0.320 e. The van der Waals surface area contributed by atoms with E-state index in [0.29, 0.717) is 31.2 Å². The van der Waals surface area contributed by atoms with Crippen molar-refractivity contribution in [3.8, 4) is 11.5 Å². The molecule has 3 rings (SSSR count). The number of urea groups is 1. The van der Waals surface area contributed by atoms with Crippen LogP contribution in [-0.2, 0) is 10.0 Å². The third-order valence-electron chi connectivity index (χ3n) is 4.78. The van der Waals surface area contributed by atoms with Gasteiger partial charge in [0.2, 0.25) is 10.0 Å². The molecule has 0 aliphatic carbocycles. The van der Waals surface area contributed by atoms with E-state index >= 15 is 0 Å². The van der Waals surface area contributed by atoms with Gasteiger partial charge in [-0.05, 0) is 38.1 Å². The van der Waals surface area contributed by atoms with Crippen LogP contribution in [0.25, 0.3) is 0 Å². The number of nitrogens with zero attached hydrogens (tertiary/aromatic N) is 2. The molecule has 1 heterocycles. The number of hydrogen-bond acceptors (Lipinski definition) is 5. The second-order valence-electron chi connectivity index (χ2n) is 6.85. The number of para-hydroxylation sites is 2. The number of aryl methyl sites for hydroxylation is 1. The van der Waals surface area contributed by atoms with Crippen LogP contribution in [0.2, 0.25) is 0 Å². The fourth-order valence-corrected chi connectivity index (χ4v) is 4.54. The van der Waals surface area contributed by atoms with Crippen LogP contribution in [0.15, 0.2) is 53.4 Å². The molecule has 9 heteroatoms. The lowest BCUT2D eigenvalue weighted by molar-refractivity contribution is 0.161. The molecular weight excluding hydrogens is 406 g/mol. The summed E-state index contributed by atoms with van der Waals surface area (Å²) >= 11 is 0. The van der Waals surface area contributed by atoms with Gasteiger partial charge in [-0.3, -0.25) is 0 Å². The topological polar surface area (TPSA) is 88.2 Å². The van der Waals surface area contributed by atoms with E-state index in [2.05, 4.69) is 5.32 Å². The van der Waals surface area contributed by atoms with Crippen molar-refractivity contribution in [3.05, 3.63) is 54.1 Å². The molecule has 0 radical (unpaired) electrons. The maximum atomic E-state index is 12.8. The quantitative estimate of drug-likeness (QED) is 0.678. The SMILES string of the molecule is CCOc1ccccc1OCNC(=O)N1CCN(S(=O)(=O)c2ccc(C)cc2)CC1. The Morgan fingerprint density at radius 3 is 2.17 bits per heavy atom. The lowest BCUT2D eigenvalue weighted by Crippen LogP contribution is -2.53. The van der Waals surface area contributed by atoms with E-state index in [1.807, 2.05) is 26.0 Å². The summed E-state index contributed by atoms with van der Waals surface area (Å²) in [6, 6.07) is 13.7. The van der Waals surface area contributed by atoms with Crippen LogP contribution in [0.5, 0.6) is 11.5 Å². The van der Waals surface area contributed by atoms with Crippen LogP contribution >= 0.6 is 0 Å². The van der Waals surface area contributed by atoms with Gasteiger partial charge in [0.15, 0.2) is 18.2 Å². The summed E-state index contributed by atoms with van der Waals surface area (Å²) < 4.78 is 38.0. The van der Waals surface area contributed by atoms with Gasteiger partial charge < -0.3 is 19.7 Å². The number of carbonyl (C=O) groups excluding carboxylic acids is 1. The van der Waals surface area contributed by atoms with Gasteiger partial charge in [0, 0.05) is 26.2 Å². The molecule has 2 aromatic carbocycles. The number of nitrogens with one attached hydrogen (secondary N) is 1. The van der Waals surface area contributed by atoms with Crippen LogP contribution in [0.1, 0.15) is 12.5 Å². The normalized spacial score (nSPS) is 14.9. The highest BCUT2D eigenvalue weighted by atomic mass is 32.2. The number of rotatable bonds is 7. The van der Waals surface area contributed by atoms with Crippen molar-refractivity contribution in [1.29, 1.82) is 0 Å². The molecule has 0 spiro atoms. The van der Waals surface area contributed by atoms with Crippen molar-refractivity contribution in [2.45, 2.75) is 18.7 Å². The zero-order valence-corrected chi connectivity index (χ0v) is 18.0. The average molecular weight is 434 g/mol. The Morgan fingerprint density at radius 2 is 1.57 bits per heavy atom. The molecule has 1 N–H and O–H groups in total. The third kappa shape index (κ3) is 5.22. The summed E-state index contributed by atoms with van der Waals surface area (Å²) in [7, 11) is -3.55. The Labute approximate surface area is 177 Å². The molecule has 0 aromatic heterocycles. The molecule has 1 fully saturated rings. The van der Waals surface area contributed by atoms with Crippen LogP contribution in [0, 0.1) is 6.92 Å². The Kier molecular flexibility index (Phi) is 7.17. The zero-order chi connectivity index (χ0) is 21.6. The predicted octanol–water partition coefficient (Wildman–Crippen LogP) is 2.45. The average Bonchev–Trinajstić information content (AvgIpc) is 2.75. The molecule has 30 heavy (non-hydrogen) atoms. The van der Waals surface area contributed by atoms with E-state index in [4.69, 9.17) is 9.47 Å². The molecule has 8 nitrogen and oxygen atoms in total. The summed E-state index contributed by atoms with van der Waals surface area (Å²) in [6.45, 7) is 5.42. The molecule has 2 aromatic rings. The first-order valence-electron chi connectivity index (χ1n) is 9.86. The molecule has 162 valence electrons. The highest BCUT2D eigenvalue weighted by molar-refractivity contribution is 7.89. The molecule has 1 aliphatic rings. The predicted molar refractivity (Wildman–Crippen MR) is 113 cm³/mol. The number of benzene rings is 2. The monoisotopic (exact) mass is 433 g/mol. The molecule has 0 atom stereocenters. The van der Waals surface area contributed by atoms with Gasteiger partial charge >= 0.3 is 6.03 Å². The summed E-state index contributed by atoms with van der Waals surface area (Å²) in [5.74, 6) is 1.16. The maximum absolute atomic E-state index is 12.8. The Hall–Kier alpha value is -2.78. The first kappa shape index (κ1) is 21.9. The fourth-order valence-electron chi connectivity index (χ4n) is 3.12. The van der Waals surface area contributed by atoms with E-state index in [9.17, 15) is 13.2 Å². The summed E-state index contributed by atoms with van der Waals surface area (Å²) in [5.41, 5.74) is 1.00. The number of amides is 2. The van der Waals surface area contributed by atoms with E-state index in [-0.39, 0.29) is 30.7 Å². The number of carbonyl (C=O) groups is 1. The van der Waals surface area contributed by atoms with E-state index in [1.165, 1.54) is 4.31 Å². The van der Waals surface area contributed by atoms with Crippen molar-refractivity contribution in [2.75, 3.05) is 39.5 Å². The standard InChI is InChI=1S/C21H27N3O5S/c1-3-28-19-6-4-5-7-20(19)29-16-22-21(25)23-12-14-24(15-13-23)30(26,27)18-10-8-17(2)9-11-18/h4-11H,3,12-16H2,1-2H3,(H,22,25). The van der Waals surface area contributed by atoms with Gasteiger partial charge in [-0.25, -0.2) is 13.2 Å².